The second-order valence-corrected chi connectivity index (χ2v) is 6.30. The summed E-state index contributed by atoms with van der Waals surface area (Å²) < 4.78 is 11.9. The van der Waals surface area contributed by atoms with Crippen LogP contribution in [0.5, 0.6) is 0 Å². The Morgan fingerprint density at radius 2 is 2.27 bits per heavy atom. The minimum Gasteiger partial charge on any atom is -0.458 e. The fourth-order valence-electron chi connectivity index (χ4n) is 3.20. The van der Waals surface area contributed by atoms with Gasteiger partial charge in [0, 0.05) is 23.4 Å². The van der Waals surface area contributed by atoms with E-state index in [1.807, 2.05) is 24.3 Å². The van der Waals surface area contributed by atoms with Gasteiger partial charge in [-0.05, 0) is 17.7 Å². The number of hydrogen-bond donors (Lipinski definition) is 3. The molecule has 1 fully saturated rings. The zero-order valence-corrected chi connectivity index (χ0v) is 13.6. The van der Waals surface area contributed by atoms with E-state index in [1.54, 1.807) is 7.11 Å². The highest BCUT2D eigenvalue weighted by Gasteiger charge is 2.48. The molecule has 6 nitrogen and oxygen atoms in total. The number of benzene rings is 1. The van der Waals surface area contributed by atoms with Gasteiger partial charge in [0.2, 0.25) is 5.88 Å². The number of hydrazine groups is 1. The molecule has 7 heteroatoms. The van der Waals surface area contributed by atoms with Crippen LogP contribution in [0.25, 0.3) is 0 Å². The Bertz CT molecular complexity index is 643. The zero-order chi connectivity index (χ0) is 15.7. The first kappa shape index (κ1) is 15.3. The second-order valence-electron chi connectivity index (χ2n) is 5.39. The molecule has 0 bridgehead atoms. The van der Waals surface area contributed by atoms with E-state index >= 15 is 0 Å². The van der Waals surface area contributed by atoms with Gasteiger partial charge in [0.25, 0.3) is 0 Å². The van der Waals surface area contributed by atoms with Gasteiger partial charge >= 0.3 is 0 Å². The van der Waals surface area contributed by atoms with Crippen LogP contribution in [0.15, 0.2) is 40.2 Å². The number of halogens is 1. The molecular formula is C15H17BrN4O2. The molecule has 0 radical (unpaired) electrons. The summed E-state index contributed by atoms with van der Waals surface area (Å²) in [6, 6.07) is 10.2. The summed E-state index contributed by atoms with van der Waals surface area (Å²) in [5.41, 5.74) is 13.7. The number of fused-ring (bicyclic) bond motifs is 1. The lowest BCUT2D eigenvalue weighted by Gasteiger charge is -2.35. The van der Waals surface area contributed by atoms with Crippen molar-refractivity contribution < 1.29 is 9.47 Å². The normalized spacial score (nSPS) is 30.6. The van der Waals surface area contributed by atoms with Crippen LogP contribution < -0.4 is 16.6 Å². The molecule has 0 saturated carbocycles. The zero-order valence-electron chi connectivity index (χ0n) is 12.0. The molecule has 2 aliphatic heterocycles. The fourth-order valence-corrected chi connectivity index (χ4v) is 3.62. The highest BCUT2D eigenvalue weighted by atomic mass is 79.9. The summed E-state index contributed by atoms with van der Waals surface area (Å²) >= 11 is 3.49. The Hall–Kier alpha value is -1.59. The van der Waals surface area contributed by atoms with Crippen molar-refractivity contribution in [2.24, 2.45) is 11.7 Å². The third kappa shape index (κ3) is 2.59. The maximum Gasteiger partial charge on any atom is 0.200 e. The van der Waals surface area contributed by atoms with Crippen molar-refractivity contribution in [2.75, 3.05) is 13.7 Å². The average molecular weight is 365 g/mol. The number of rotatable bonds is 3. The lowest BCUT2D eigenvalue weighted by Crippen LogP contribution is -2.42. The first-order valence-electron chi connectivity index (χ1n) is 6.97. The van der Waals surface area contributed by atoms with Gasteiger partial charge in [0.1, 0.15) is 6.07 Å². The van der Waals surface area contributed by atoms with Crippen molar-refractivity contribution >= 4 is 15.9 Å². The molecule has 22 heavy (non-hydrogen) atoms. The number of nitrogens with one attached hydrogen (secondary N) is 2. The van der Waals surface area contributed by atoms with Crippen molar-refractivity contribution in [1.82, 2.24) is 10.9 Å². The Morgan fingerprint density at radius 1 is 1.45 bits per heavy atom. The van der Waals surface area contributed by atoms with Crippen molar-refractivity contribution in [3.63, 3.8) is 0 Å². The summed E-state index contributed by atoms with van der Waals surface area (Å²) in [5.74, 6) is 0.0428. The highest BCUT2D eigenvalue weighted by molar-refractivity contribution is 9.10. The van der Waals surface area contributed by atoms with Crippen LogP contribution in [0.3, 0.4) is 0 Å². The standard InChI is InChI=1S/C15H17BrN4O2/c1-21-7-11-13-12(8-3-2-4-9(16)5-8)10(6-17)14(18)22-15(13)20-19-11/h2-5,11-13,15,19-20H,7,18H2,1H3. The molecule has 1 aromatic carbocycles. The predicted molar refractivity (Wildman–Crippen MR) is 84.0 cm³/mol. The Kier molecular flexibility index (Phi) is 4.36. The van der Waals surface area contributed by atoms with Gasteiger partial charge in [-0.15, -0.1) is 0 Å². The van der Waals surface area contributed by atoms with Crippen LogP contribution in [0.2, 0.25) is 0 Å². The fraction of sp³-hybridized carbons (Fsp3) is 0.400. The van der Waals surface area contributed by atoms with Crippen molar-refractivity contribution in [3.8, 4) is 6.07 Å². The molecular weight excluding hydrogens is 348 g/mol. The second kappa shape index (κ2) is 6.26. The molecule has 2 aliphatic rings. The molecule has 0 aliphatic carbocycles. The van der Waals surface area contributed by atoms with Crippen LogP contribution in [0, 0.1) is 17.2 Å². The van der Waals surface area contributed by atoms with Gasteiger partial charge < -0.3 is 15.2 Å². The van der Waals surface area contributed by atoms with E-state index in [1.165, 1.54) is 0 Å². The number of nitrogens with zero attached hydrogens (tertiary/aromatic N) is 1. The molecule has 4 unspecified atom stereocenters. The van der Waals surface area contributed by atoms with Crippen LogP contribution in [-0.2, 0) is 9.47 Å². The third-order valence-electron chi connectivity index (χ3n) is 4.11. The average Bonchev–Trinajstić information content (AvgIpc) is 2.88. The molecule has 0 spiro atoms. The number of nitrogens with two attached hydrogens (primary N) is 1. The Morgan fingerprint density at radius 3 is 2.95 bits per heavy atom. The van der Waals surface area contributed by atoms with Crippen LogP contribution >= 0.6 is 15.9 Å². The summed E-state index contributed by atoms with van der Waals surface area (Å²) in [6.45, 7) is 0.515. The minimum atomic E-state index is -0.291. The van der Waals surface area contributed by atoms with Crippen LogP contribution in [0.1, 0.15) is 11.5 Å². The van der Waals surface area contributed by atoms with Gasteiger partial charge in [-0.3, -0.25) is 0 Å². The maximum atomic E-state index is 9.55. The minimum absolute atomic E-state index is 0.0104. The SMILES string of the molecule is COCC1NNC2OC(N)=C(C#N)C(c3cccc(Br)c3)C12. The highest BCUT2D eigenvalue weighted by Crippen LogP contribution is 2.43. The van der Waals surface area contributed by atoms with E-state index in [-0.39, 0.29) is 30.0 Å². The Balaban J connectivity index is 2.07. The molecule has 4 N–H and O–H groups in total. The molecule has 0 amide bonds. The summed E-state index contributed by atoms with van der Waals surface area (Å²) in [5, 5.41) is 9.55. The van der Waals surface area contributed by atoms with Gasteiger partial charge in [-0.2, -0.15) is 5.26 Å². The number of nitriles is 1. The molecule has 1 saturated heterocycles. The molecule has 116 valence electrons. The van der Waals surface area contributed by atoms with E-state index in [4.69, 9.17) is 15.2 Å². The van der Waals surface area contributed by atoms with Crippen molar-refractivity contribution in [1.29, 1.82) is 5.26 Å². The molecule has 0 aromatic heterocycles. The monoisotopic (exact) mass is 364 g/mol. The van der Waals surface area contributed by atoms with E-state index in [9.17, 15) is 5.26 Å². The van der Waals surface area contributed by atoms with E-state index in [0.717, 1.165) is 10.0 Å². The van der Waals surface area contributed by atoms with Crippen molar-refractivity contribution in [2.45, 2.75) is 18.2 Å². The number of allylic oxidation sites excluding steroid dienone is 1. The molecule has 3 rings (SSSR count). The van der Waals surface area contributed by atoms with Gasteiger partial charge in [-0.25, -0.2) is 10.9 Å². The lowest BCUT2D eigenvalue weighted by molar-refractivity contribution is 0.0279. The van der Waals surface area contributed by atoms with Crippen LogP contribution in [0.4, 0.5) is 0 Å². The smallest absolute Gasteiger partial charge is 0.200 e. The summed E-state index contributed by atoms with van der Waals surface area (Å²) in [6.07, 6.45) is -0.291. The third-order valence-corrected chi connectivity index (χ3v) is 4.61. The maximum absolute atomic E-state index is 9.55. The van der Waals surface area contributed by atoms with Crippen molar-refractivity contribution in [3.05, 3.63) is 45.8 Å². The number of ether oxygens (including phenoxy) is 2. The molecule has 2 heterocycles. The topological polar surface area (TPSA) is 92.3 Å². The largest absolute Gasteiger partial charge is 0.458 e. The quantitative estimate of drug-likeness (QED) is 0.748. The van der Waals surface area contributed by atoms with Gasteiger partial charge in [-0.1, -0.05) is 28.1 Å². The first-order chi connectivity index (χ1) is 10.7. The van der Waals surface area contributed by atoms with E-state index < -0.39 is 0 Å². The van der Waals surface area contributed by atoms with Gasteiger partial charge in [0.05, 0.1) is 18.2 Å². The van der Waals surface area contributed by atoms with E-state index in [0.29, 0.717) is 12.2 Å². The summed E-state index contributed by atoms with van der Waals surface area (Å²) in [4.78, 5) is 0. The summed E-state index contributed by atoms with van der Waals surface area (Å²) in [7, 11) is 1.65. The number of methoxy groups -OCH3 is 1. The Labute approximate surface area is 137 Å². The predicted octanol–water partition coefficient (Wildman–Crippen LogP) is 1.32. The first-order valence-corrected chi connectivity index (χ1v) is 7.77. The lowest BCUT2D eigenvalue weighted by atomic mass is 9.76. The number of hydrogen-bond acceptors (Lipinski definition) is 6. The molecule has 1 aromatic rings. The van der Waals surface area contributed by atoms with Gasteiger partial charge in [0.15, 0.2) is 6.23 Å². The van der Waals surface area contributed by atoms with Crippen LogP contribution in [-0.4, -0.2) is 26.0 Å². The van der Waals surface area contributed by atoms with E-state index in [2.05, 4.69) is 32.9 Å². The molecule has 4 atom stereocenters.